The SMILES string of the molecule is COc1cccc(NC(=O)[C@@H](C)N(c2cc(OC)ccc2OC)S(C)(=O)=O)c1. The van der Waals surface area contributed by atoms with Gasteiger partial charge in [-0.05, 0) is 31.2 Å². The van der Waals surface area contributed by atoms with Gasteiger partial charge < -0.3 is 19.5 Å². The first-order valence-corrected chi connectivity index (χ1v) is 10.2. The molecule has 8 nitrogen and oxygen atoms in total. The summed E-state index contributed by atoms with van der Waals surface area (Å²) in [5.74, 6) is 0.792. The highest BCUT2D eigenvalue weighted by atomic mass is 32.2. The van der Waals surface area contributed by atoms with Gasteiger partial charge in [-0.1, -0.05) is 6.07 Å². The average molecular weight is 408 g/mol. The fraction of sp³-hybridized carbons (Fsp3) is 0.316. The van der Waals surface area contributed by atoms with Crippen LogP contribution >= 0.6 is 0 Å². The predicted molar refractivity (Wildman–Crippen MR) is 108 cm³/mol. The molecule has 0 heterocycles. The van der Waals surface area contributed by atoms with E-state index in [2.05, 4.69) is 5.32 Å². The van der Waals surface area contributed by atoms with E-state index in [0.717, 1.165) is 10.6 Å². The number of benzene rings is 2. The summed E-state index contributed by atoms with van der Waals surface area (Å²) in [6.07, 6.45) is 1.03. The standard InChI is InChI=1S/C19H24N2O6S/c1-13(19(22)20-14-7-6-8-15(11-14)25-2)21(28(5,23)24)17-12-16(26-3)9-10-18(17)27-4/h6-13H,1-5H3,(H,20,22)/t13-/m1/s1. The Labute approximate surface area is 165 Å². The van der Waals surface area contributed by atoms with Gasteiger partial charge in [-0.3, -0.25) is 9.10 Å². The molecule has 0 aliphatic heterocycles. The number of rotatable bonds is 8. The maximum atomic E-state index is 12.8. The number of sulfonamides is 1. The Balaban J connectivity index is 2.42. The lowest BCUT2D eigenvalue weighted by atomic mass is 10.2. The Bertz CT molecular complexity index is 945. The number of methoxy groups -OCH3 is 3. The van der Waals surface area contributed by atoms with Crippen molar-refractivity contribution >= 4 is 27.3 Å². The molecular weight excluding hydrogens is 384 g/mol. The Kier molecular flexibility index (Phi) is 6.74. The molecule has 28 heavy (non-hydrogen) atoms. The number of hydrogen-bond acceptors (Lipinski definition) is 6. The Morgan fingerprint density at radius 2 is 1.64 bits per heavy atom. The minimum Gasteiger partial charge on any atom is -0.497 e. The highest BCUT2D eigenvalue weighted by Gasteiger charge is 2.31. The van der Waals surface area contributed by atoms with E-state index in [1.54, 1.807) is 36.4 Å². The lowest BCUT2D eigenvalue weighted by Crippen LogP contribution is -2.45. The summed E-state index contributed by atoms with van der Waals surface area (Å²) in [4.78, 5) is 12.8. The van der Waals surface area contributed by atoms with Crippen molar-refractivity contribution in [3.63, 3.8) is 0 Å². The Hall–Kier alpha value is -2.94. The molecule has 0 aromatic heterocycles. The van der Waals surface area contributed by atoms with Gasteiger partial charge in [0.2, 0.25) is 15.9 Å². The van der Waals surface area contributed by atoms with E-state index in [0.29, 0.717) is 22.9 Å². The minimum absolute atomic E-state index is 0.206. The topological polar surface area (TPSA) is 94.2 Å². The Morgan fingerprint density at radius 3 is 2.21 bits per heavy atom. The molecule has 1 N–H and O–H groups in total. The van der Waals surface area contributed by atoms with Crippen LogP contribution in [0.15, 0.2) is 42.5 Å². The third-order valence-corrected chi connectivity index (χ3v) is 5.28. The lowest BCUT2D eigenvalue weighted by Gasteiger charge is -2.29. The highest BCUT2D eigenvalue weighted by Crippen LogP contribution is 2.35. The fourth-order valence-corrected chi connectivity index (χ4v) is 3.87. The molecule has 152 valence electrons. The summed E-state index contributed by atoms with van der Waals surface area (Å²) in [6, 6.07) is 10.5. The largest absolute Gasteiger partial charge is 0.497 e. The highest BCUT2D eigenvalue weighted by molar-refractivity contribution is 7.92. The number of carbonyl (C=O) groups excluding carboxylic acids is 1. The number of carbonyl (C=O) groups is 1. The fourth-order valence-electron chi connectivity index (χ4n) is 2.70. The molecule has 2 aromatic carbocycles. The molecule has 0 aliphatic carbocycles. The zero-order valence-electron chi connectivity index (χ0n) is 16.4. The average Bonchev–Trinajstić information content (AvgIpc) is 2.66. The zero-order chi connectivity index (χ0) is 20.9. The molecule has 0 saturated heterocycles. The van der Waals surface area contributed by atoms with E-state index in [1.807, 2.05) is 0 Å². The maximum absolute atomic E-state index is 12.8. The summed E-state index contributed by atoms with van der Waals surface area (Å²) >= 11 is 0. The first-order chi connectivity index (χ1) is 13.2. The van der Waals surface area contributed by atoms with E-state index in [1.165, 1.54) is 34.3 Å². The number of nitrogens with zero attached hydrogens (tertiary/aromatic N) is 1. The van der Waals surface area contributed by atoms with Crippen LogP contribution in [0.1, 0.15) is 6.92 Å². The molecule has 0 radical (unpaired) electrons. The molecular formula is C19H24N2O6S. The van der Waals surface area contributed by atoms with Crippen molar-refractivity contribution < 1.29 is 27.4 Å². The molecule has 0 fully saturated rings. The molecule has 9 heteroatoms. The van der Waals surface area contributed by atoms with Crippen molar-refractivity contribution in [2.24, 2.45) is 0 Å². The van der Waals surface area contributed by atoms with Crippen LogP contribution in [-0.2, 0) is 14.8 Å². The number of nitrogens with one attached hydrogen (secondary N) is 1. The summed E-state index contributed by atoms with van der Waals surface area (Å²) in [5.41, 5.74) is 0.694. The van der Waals surface area contributed by atoms with Crippen molar-refractivity contribution in [2.75, 3.05) is 37.2 Å². The summed E-state index contributed by atoms with van der Waals surface area (Å²) in [7, 11) is 0.596. The first-order valence-electron chi connectivity index (χ1n) is 8.37. The molecule has 2 rings (SSSR count). The number of ether oxygens (including phenoxy) is 3. The molecule has 0 unspecified atom stereocenters. The smallest absolute Gasteiger partial charge is 0.247 e. The van der Waals surface area contributed by atoms with Crippen LogP contribution in [0, 0.1) is 0 Å². The Morgan fingerprint density at radius 1 is 1.00 bits per heavy atom. The second-order valence-electron chi connectivity index (χ2n) is 5.99. The van der Waals surface area contributed by atoms with E-state index < -0.39 is 22.0 Å². The van der Waals surface area contributed by atoms with Gasteiger partial charge in [0.25, 0.3) is 0 Å². The maximum Gasteiger partial charge on any atom is 0.247 e. The van der Waals surface area contributed by atoms with Crippen LogP contribution in [0.5, 0.6) is 17.2 Å². The van der Waals surface area contributed by atoms with Crippen molar-refractivity contribution in [3.05, 3.63) is 42.5 Å². The molecule has 0 spiro atoms. The third-order valence-electron chi connectivity index (χ3n) is 4.05. The van der Waals surface area contributed by atoms with Crippen LogP contribution in [0.25, 0.3) is 0 Å². The van der Waals surface area contributed by atoms with Gasteiger partial charge in [0, 0.05) is 17.8 Å². The monoisotopic (exact) mass is 408 g/mol. The van der Waals surface area contributed by atoms with Crippen molar-refractivity contribution in [2.45, 2.75) is 13.0 Å². The van der Waals surface area contributed by atoms with E-state index in [-0.39, 0.29) is 5.69 Å². The number of hydrogen-bond donors (Lipinski definition) is 1. The summed E-state index contributed by atoms with van der Waals surface area (Å²) in [6.45, 7) is 1.50. The van der Waals surface area contributed by atoms with Gasteiger partial charge in [0.15, 0.2) is 0 Å². The normalized spacial score (nSPS) is 12.0. The molecule has 0 aliphatic rings. The molecule has 1 atom stereocenters. The third kappa shape index (κ3) is 4.86. The van der Waals surface area contributed by atoms with Crippen molar-refractivity contribution in [1.29, 1.82) is 0 Å². The number of anilines is 2. The molecule has 1 amide bonds. The molecule has 0 saturated carbocycles. The second-order valence-corrected chi connectivity index (χ2v) is 7.85. The van der Waals surface area contributed by atoms with Crippen LogP contribution in [0.3, 0.4) is 0 Å². The van der Waals surface area contributed by atoms with Crippen LogP contribution in [0.2, 0.25) is 0 Å². The van der Waals surface area contributed by atoms with E-state index in [4.69, 9.17) is 14.2 Å². The van der Waals surface area contributed by atoms with Crippen LogP contribution in [0.4, 0.5) is 11.4 Å². The first kappa shape index (κ1) is 21.4. The molecule has 0 bridgehead atoms. The van der Waals surface area contributed by atoms with E-state index in [9.17, 15) is 13.2 Å². The minimum atomic E-state index is -3.81. The number of amides is 1. The van der Waals surface area contributed by atoms with Gasteiger partial charge in [-0.25, -0.2) is 8.42 Å². The van der Waals surface area contributed by atoms with Crippen molar-refractivity contribution in [1.82, 2.24) is 0 Å². The van der Waals surface area contributed by atoms with Gasteiger partial charge >= 0.3 is 0 Å². The van der Waals surface area contributed by atoms with Gasteiger partial charge in [0.05, 0.1) is 33.3 Å². The van der Waals surface area contributed by atoms with Crippen LogP contribution < -0.4 is 23.8 Å². The van der Waals surface area contributed by atoms with Crippen molar-refractivity contribution in [3.8, 4) is 17.2 Å². The summed E-state index contributed by atoms with van der Waals surface area (Å²) in [5, 5.41) is 2.71. The second kappa shape index (κ2) is 8.83. The van der Waals surface area contributed by atoms with Crippen LogP contribution in [-0.4, -0.2) is 48.0 Å². The summed E-state index contributed by atoms with van der Waals surface area (Å²) < 4.78 is 41.7. The van der Waals surface area contributed by atoms with Gasteiger partial charge in [-0.15, -0.1) is 0 Å². The predicted octanol–water partition coefficient (Wildman–Crippen LogP) is 2.51. The quantitative estimate of drug-likeness (QED) is 0.721. The van der Waals surface area contributed by atoms with E-state index >= 15 is 0 Å². The van der Waals surface area contributed by atoms with Gasteiger partial charge in [-0.2, -0.15) is 0 Å². The van der Waals surface area contributed by atoms with Gasteiger partial charge in [0.1, 0.15) is 23.3 Å². The molecule has 2 aromatic rings. The lowest BCUT2D eigenvalue weighted by molar-refractivity contribution is -0.116. The zero-order valence-corrected chi connectivity index (χ0v) is 17.2.